The molecule has 198 valence electrons. The Morgan fingerprint density at radius 3 is 2.61 bits per heavy atom. The molecule has 2 aliphatic rings. The molecule has 36 heavy (non-hydrogen) atoms. The predicted molar refractivity (Wildman–Crippen MR) is 129 cm³/mol. The highest BCUT2D eigenvalue weighted by atomic mass is 16.7. The maximum absolute atomic E-state index is 13.0. The van der Waals surface area contributed by atoms with Crippen molar-refractivity contribution in [3.63, 3.8) is 0 Å². The monoisotopic (exact) mass is 506 g/mol. The molecule has 3 heterocycles. The van der Waals surface area contributed by atoms with Crippen LogP contribution in [0, 0.1) is 6.92 Å². The van der Waals surface area contributed by atoms with Crippen LogP contribution < -0.4 is 10.4 Å². The highest BCUT2D eigenvalue weighted by molar-refractivity contribution is 5.89. The van der Waals surface area contributed by atoms with Gasteiger partial charge in [-0.1, -0.05) is 18.6 Å². The van der Waals surface area contributed by atoms with Crippen molar-refractivity contribution < 1.29 is 44.2 Å². The Hall–Kier alpha value is -2.47. The van der Waals surface area contributed by atoms with Gasteiger partial charge in [-0.25, -0.2) is 4.79 Å². The van der Waals surface area contributed by atoms with Gasteiger partial charge >= 0.3 is 5.63 Å². The van der Waals surface area contributed by atoms with Gasteiger partial charge in [0.15, 0.2) is 6.29 Å². The Morgan fingerprint density at radius 2 is 1.92 bits per heavy atom. The second-order valence-electron chi connectivity index (χ2n) is 10.0. The number of ether oxygens (including phenoxy) is 3. The Labute approximate surface area is 208 Å². The molecule has 0 radical (unpaired) electrons. The number of aromatic hydroxyl groups is 1. The number of phenols is 1. The molecular weight excluding hydrogens is 472 g/mol. The Balaban J connectivity index is 1.46. The molecule has 10 heteroatoms. The number of phenolic OH excluding ortho intramolecular Hbond substituents is 1. The molecular formula is C26H34O10. The number of aliphatic hydroxyl groups is 4. The van der Waals surface area contributed by atoms with E-state index in [9.17, 15) is 30.3 Å². The maximum Gasteiger partial charge on any atom is 0.343 e. The van der Waals surface area contributed by atoms with Gasteiger partial charge in [0, 0.05) is 11.5 Å². The van der Waals surface area contributed by atoms with E-state index in [1.807, 2.05) is 33.8 Å². The lowest BCUT2D eigenvalue weighted by atomic mass is 9.76. The lowest BCUT2D eigenvalue weighted by Gasteiger charge is -2.39. The summed E-state index contributed by atoms with van der Waals surface area (Å²) in [5.74, 6) is 0.517. The van der Waals surface area contributed by atoms with Gasteiger partial charge < -0.3 is 44.2 Å². The van der Waals surface area contributed by atoms with E-state index in [1.165, 1.54) is 6.07 Å². The average Bonchev–Trinajstić information content (AvgIpc) is 3.07. The van der Waals surface area contributed by atoms with Crippen LogP contribution in [0.2, 0.25) is 0 Å². The molecule has 2 aromatic rings. The molecule has 0 aliphatic carbocycles. The standard InChI is InChI=1S/C26H34O10/c1-12(11-33-25-22(31)21(30)20(29)17(10-27)36-25)6-5-7-26(4)14(3)34-23-18-13(2)8-15(28)9-16(18)35-24(32)19(23)26/h6,8-9,14,17,20-22,25,27-31H,5,7,10-11H2,1-4H3. The Morgan fingerprint density at radius 1 is 1.19 bits per heavy atom. The molecule has 10 nitrogen and oxygen atoms in total. The van der Waals surface area contributed by atoms with Gasteiger partial charge in [-0.2, -0.15) is 0 Å². The lowest BCUT2D eigenvalue weighted by molar-refractivity contribution is -0.299. The number of allylic oxidation sites excluding steroid dienone is 1. The summed E-state index contributed by atoms with van der Waals surface area (Å²) in [6, 6.07) is 3.02. The van der Waals surface area contributed by atoms with Crippen molar-refractivity contribution >= 4 is 11.0 Å². The third kappa shape index (κ3) is 4.65. The Kier molecular flexibility index (Phi) is 7.47. The van der Waals surface area contributed by atoms with Crippen molar-refractivity contribution in [3.05, 3.63) is 45.3 Å². The molecule has 2 aliphatic heterocycles. The maximum atomic E-state index is 13.0. The minimum Gasteiger partial charge on any atom is -0.508 e. The second-order valence-corrected chi connectivity index (χ2v) is 10.0. The van der Waals surface area contributed by atoms with E-state index in [-0.39, 0.29) is 24.0 Å². The van der Waals surface area contributed by atoms with Crippen molar-refractivity contribution in [1.29, 1.82) is 0 Å². The van der Waals surface area contributed by atoms with Crippen LogP contribution in [0.3, 0.4) is 0 Å². The average molecular weight is 507 g/mol. The minimum atomic E-state index is -1.50. The van der Waals surface area contributed by atoms with Crippen LogP contribution >= 0.6 is 0 Å². The summed E-state index contributed by atoms with van der Waals surface area (Å²) in [6.07, 6.45) is -3.77. The zero-order valence-electron chi connectivity index (χ0n) is 20.8. The van der Waals surface area contributed by atoms with E-state index < -0.39 is 48.4 Å². The molecule has 0 spiro atoms. The van der Waals surface area contributed by atoms with Gasteiger partial charge in [0.25, 0.3) is 0 Å². The first-order valence-electron chi connectivity index (χ1n) is 12.0. The molecule has 7 atom stereocenters. The van der Waals surface area contributed by atoms with Crippen LogP contribution in [0.5, 0.6) is 11.5 Å². The van der Waals surface area contributed by atoms with E-state index in [0.29, 0.717) is 29.5 Å². The number of hydrogen-bond acceptors (Lipinski definition) is 10. The molecule has 1 aromatic heterocycles. The zero-order chi connectivity index (χ0) is 26.4. The summed E-state index contributed by atoms with van der Waals surface area (Å²) >= 11 is 0. The van der Waals surface area contributed by atoms with Crippen molar-refractivity contribution in [3.8, 4) is 11.5 Å². The fraction of sp³-hybridized carbons (Fsp3) is 0.577. The van der Waals surface area contributed by atoms with Crippen LogP contribution in [0.15, 0.2) is 33.0 Å². The number of hydrogen-bond donors (Lipinski definition) is 5. The molecule has 0 bridgehead atoms. The fourth-order valence-corrected chi connectivity index (χ4v) is 5.02. The van der Waals surface area contributed by atoms with Gasteiger partial charge in [0.05, 0.1) is 24.2 Å². The van der Waals surface area contributed by atoms with Gasteiger partial charge in [-0.15, -0.1) is 0 Å². The lowest BCUT2D eigenvalue weighted by Crippen LogP contribution is -2.59. The SMILES string of the molecule is CC(=CCCC1(C)c2c(c3c(C)cc(O)cc3oc2=O)OC1C)COC1OC(CO)C(O)C(O)C1O. The highest BCUT2D eigenvalue weighted by Crippen LogP contribution is 2.48. The topological polar surface area (TPSA) is 159 Å². The smallest absolute Gasteiger partial charge is 0.343 e. The molecule has 4 rings (SSSR count). The summed E-state index contributed by atoms with van der Waals surface area (Å²) in [5.41, 5.74) is 1.26. The molecule has 0 saturated carbocycles. The number of fused-ring (bicyclic) bond motifs is 3. The van der Waals surface area contributed by atoms with Gasteiger partial charge in [0.1, 0.15) is 47.6 Å². The summed E-state index contributed by atoms with van der Waals surface area (Å²) in [5, 5.41) is 49.8. The number of benzene rings is 1. The van der Waals surface area contributed by atoms with Gasteiger partial charge in [-0.3, -0.25) is 0 Å². The zero-order valence-corrected chi connectivity index (χ0v) is 20.8. The summed E-state index contributed by atoms with van der Waals surface area (Å²) in [6.45, 7) is 7.12. The first-order chi connectivity index (χ1) is 17.0. The van der Waals surface area contributed by atoms with E-state index >= 15 is 0 Å². The molecule has 7 unspecified atom stereocenters. The molecule has 1 aromatic carbocycles. The quantitative estimate of drug-likeness (QED) is 0.274. The predicted octanol–water partition coefficient (Wildman–Crippen LogP) is 1.39. The van der Waals surface area contributed by atoms with Gasteiger partial charge in [-0.05, 0) is 45.2 Å². The third-order valence-corrected chi connectivity index (χ3v) is 7.39. The first kappa shape index (κ1) is 26.6. The van der Waals surface area contributed by atoms with Crippen LogP contribution in [-0.2, 0) is 14.9 Å². The minimum absolute atomic E-state index is 0.0171. The first-order valence-corrected chi connectivity index (χ1v) is 12.0. The van der Waals surface area contributed by atoms with Crippen molar-refractivity contribution in [2.24, 2.45) is 0 Å². The molecule has 1 saturated heterocycles. The second kappa shape index (κ2) is 10.1. The summed E-state index contributed by atoms with van der Waals surface area (Å²) in [4.78, 5) is 13.0. The largest absolute Gasteiger partial charge is 0.508 e. The third-order valence-electron chi connectivity index (χ3n) is 7.39. The van der Waals surface area contributed by atoms with E-state index in [2.05, 4.69) is 0 Å². The van der Waals surface area contributed by atoms with Crippen molar-refractivity contribution in [2.45, 2.75) is 82.8 Å². The number of aliphatic hydroxyl groups excluding tert-OH is 4. The summed E-state index contributed by atoms with van der Waals surface area (Å²) < 4.78 is 22.7. The molecule has 0 amide bonds. The van der Waals surface area contributed by atoms with Crippen LogP contribution in [0.25, 0.3) is 11.0 Å². The molecule has 5 N–H and O–H groups in total. The van der Waals surface area contributed by atoms with E-state index in [0.717, 1.165) is 11.1 Å². The van der Waals surface area contributed by atoms with Crippen LogP contribution in [-0.4, -0.2) is 75.6 Å². The van der Waals surface area contributed by atoms with Crippen molar-refractivity contribution in [1.82, 2.24) is 0 Å². The normalized spacial score (nSPS) is 32.5. The van der Waals surface area contributed by atoms with E-state index in [4.69, 9.17) is 18.6 Å². The van der Waals surface area contributed by atoms with Crippen LogP contribution in [0.4, 0.5) is 0 Å². The number of rotatable bonds is 7. The van der Waals surface area contributed by atoms with Crippen molar-refractivity contribution in [2.75, 3.05) is 13.2 Å². The molecule has 1 fully saturated rings. The Bertz CT molecular complexity index is 1200. The summed E-state index contributed by atoms with van der Waals surface area (Å²) in [7, 11) is 0. The van der Waals surface area contributed by atoms with E-state index in [1.54, 1.807) is 6.07 Å². The number of aryl methyl sites for hydroxylation is 1. The highest BCUT2D eigenvalue weighted by Gasteiger charge is 2.47. The van der Waals surface area contributed by atoms with Gasteiger partial charge in [0.2, 0.25) is 0 Å². The fourth-order valence-electron chi connectivity index (χ4n) is 5.02. The van der Waals surface area contributed by atoms with Crippen LogP contribution in [0.1, 0.15) is 44.7 Å².